The summed E-state index contributed by atoms with van der Waals surface area (Å²) < 4.78 is 12.7. The summed E-state index contributed by atoms with van der Waals surface area (Å²) in [6, 6.07) is 10.8. The standard InChI is InChI=1S/C25H24N4O4S/c1-14-8-9-26-22(10-14)28-15(2)11-17(16(28)3)12-19-23(30)27-25(34)29(24(19)31)20-7-6-18(32-4)13-21(20)33-5/h6-13H,1-5H3,(H,27,30,34). The van der Waals surface area contributed by atoms with E-state index in [0.717, 1.165) is 28.3 Å². The Kier molecular flexibility index (Phi) is 6.21. The Labute approximate surface area is 202 Å². The molecule has 1 saturated heterocycles. The number of anilines is 1. The summed E-state index contributed by atoms with van der Waals surface area (Å²) in [5.41, 5.74) is 3.95. The van der Waals surface area contributed by atoms with E-state index in [1.54, 1.807) is 30.5 Å². The zero-order valence-corrected chi connectivity index (χ0v) is 20.3. The number of ether oxygens (including phenoxy) is 2. The van der Waals surface area contributed by atoms with E-state index in [2.05, 4.69) is 10.3 Å². The Bertz CT molecular complexity index is 1360. The highest BCUT2D eigenvalue weighted by Crippen LogP contribution is 2.34. The molecule has 2 amide bonds. The van der Waals surface area contributed by atoms with Crippen molar-refractivity contribution in [2.75, 3.05) is 19.1 Å². The number of nitrogens with zero attached hydrogens (tertiary/aromatic N) is 3. The van der Waals surface area contributed by atoms with Gasteiger partial charge in [-0.1, -0.05) is 0 Å². The van der Waals surface area contributed by atoms with Crippen LogP contribution >= 0.6 is 12.2 Å². The average molecular weight is 477 g/mol. The number of rotatable bonds is 5. The normalized spacial score (nSPS) is 15.0. The van der Waals surface area contributed by atoms with Gasteiger partial charge in [0.25, 0.3) is 11.8 Å². The molecule has 0 atom stereocenters. The van der Waals surface area contributed by atoms with Crippen LogP contribution in [-0.2, 0) is 9.59 Å². The number of aryl methyl sites for hydroxylation is 2. The number of hydrogen-bond acceptors (Lipinski definition) is 6. The number of carbonyl (C=O) groups excluding carboxylic acids is 2. The first-order valence-electron chi connectivity index (χ1n) is 10.5. The Morgan fingerprint density at radius 1 is 1.03 bits per heavy atom. The van der Waals surface area contributed by atoms with E-state index in [9.17, 15) is 9.59 Å². The molecule has 4 rings (SSSR count). The topological polar surface area (TPSA) is 85.7 Å². The van der Waals surface area contributed by atoms with Gasteiger partial charge in [-0.25, -0.2) is 9.88 Å². The molecule has 1 aliphatic rings. The van der Waals surface area contributed by atoms with Gasteiger partial charge in [-0.2, -0.15) is 0 Å². The third-order valence-electron chi connectivity index (χ3n) is 5.63. The van der Waals surface area contributed by atoms with E-state index in [1.165, 1.54) is 19.1 Å². The van der Waals surface area contributed by atoms with Gasteiger partial charge in [-0.05, 0) is 80.5 Å². The third kappa shape index (κ3) is 4.06. The van der Waals surface area contributed by atoms with Crippen molar-refractivity contribution in [3.63, 3.8) is 0 Å². The van der Waals surface area contributed by atoms with Crippen molar-refractivity contribution in [1.29, 1.82) is 0 Å². The van der Waals surface area contributed by atoms with Crippen LogP contribution in [0.1, 0.15) is 22.5 Å². The minimum absolute atomic E-state index is 0.0231. The number of methoxy groups -OCH3 is 2. The van der Waals surface area contributed by atoms with Gasteiger partial charge in [0.2, 0.25) is 0 Å². The fraction of sp³-hybridized carbons (Fsp3) is 0.200. The first-order valence-corrected chi connectivity index (χ1v) is 10.9. The van der Waals surface area contributed by atoms with Crippen molar-refractivity contribution in [3.8, 4) is 17.3 Å². The summed E-state index contributed by atoms with van der Waals surface area (Å²) in [5.74, 6) is 0.611. The molecule has 3 aromatic rings. The average Bonchev–Trinajstić information content (AvgIpc) is 3.09. The molecule has 174 valence electrons. The van der Waals surface area contributed by atoms with Gasteiger partial charge in [0.15, 0.2) is 5.11 Å². The fourth-order valence-corrected chi connectivity index (χ4v) is 4.20. The van der Waals surface area contributed by atoms with Crippen LogP contribution in [0.5, 0.6) is 11.5 Å². The van der Waals surface area contributed by atoms with Gasteiger partial charge in [0.05, 0.1) is 19.9 Å². The van der Waals surface area contributed by atoms with Gasteiger partial charge in [0.1, 0.15) is 22.9 Å². The molecule has 1 aromatic carbocycles. The zero-order valence-electron chi connectivity index (χ0n) is 19.5. The predicted molar refractivity (Wildman–Crippen MR) is 134 cm³/mol. The highest BCUT2D eigenvalue weighted by molar-refractivity contribution is 7.80. The zero-order chi connectivity index (χ0) is 24.6. The molecule has 0 bridgehead atoms. The Balaban J connectivity index is 1.78. The lowest BCUT2D eigenvalue weighted by atomic mass is 10.1. The molecule has 1 fully saturated rings. The first-order chi connectivity index (χ1) is 16.2. The van der Waals surface area contributed by atoms with Crippen molar-refractivity contribution >= 4 is 40.9 Å². The van der Waals surface area contributed by atoms with Crippen LogP contribution < -0.4 is 19.7 Å². The summed E-state index contributed by atoms with van der Waals surface area (Å²) >= 11 is 5.32. The SMILES string of the molecule is COc1ccc(N2C(=O)C(=Cc3cc(C)n(-c4cc(C)ccn4)c3C)C(=O)NC2=S)c(OC)c1. The molecule has 0 radical (unpaired) electrons. The molecule has 0 spiro atoms. The van der Waals surface area contributed by atoms with E-state index in [0.29, 0.717) is 17.2 Å². The number of thiocarbonyl (C=S) groups is 1. The fourth-order valence-electron chi connectivity index (χ4n) is 3.93. The smallest absolute Gasteiger partial charge is 0.270 e. The minimum atomic E-state index is -0.558. The molecule has 9 heteroatoms. The monoisotopic (exact) mass is 476 g/mol. The maximum absolute atomic E-state index is 13.5. The van der Waals surface area contributed by atoms with Crippen LogP contribution in [0.25, 0.3) is 11.9 Å². The third-order valence-corrected chi connectivity index (χ3v) is 5.91. The molecule has 1 aliphatic heterocycles. The number of aromatic nitrogens is 2. The first kappa shape index (κ1) is 23.2. The number of hydrogen-bond donors (Lipinski definition) is 1. The molecule has 0 unspecified atom stereocenters. The van der Waals surface area contributed by atoms with Crippen molar-refractivity contribution in [3.05, 3.63) is 70.7 Å². The Hall–Kier alpha value is -3.98. The van der Waals surface area contributed by atoms with E-state index in [1.807, 2.05) is 43.5 Å². The highest BCUT2D eigenvalue weighted by atomic mass is 32.1. The largest absolute Gasteiger partial charge is 0.497 e. The lowest BCUT2D eigenvalue weighted by molar-refractivity contribution is -0.122. The molecule has 8 nitrogen and oxygen atoms in total. The van der Waals surface area contributed by atoms with Crippen LogP contribution in [0.3, 0.4) is 0 Å². The summed E-state index contributed by atoms with van der Waals surface area (Å²) in [6.07, 6.45) is 3.33. The van der Waals surface area contributed by atoms with Crippen molar-refractivity contribution in [2.24, 2.45) is 0 Å². The molecule has 3 heterocycles. The van der Waals surface area contributed by atoms with Crippen LogP contribution in [-0.4, -0.2) is 40.7 Å². The quantitative estimate of drug-likeness (QED) is 0.344. The van der Waals surface area contributed by atoms with Crippen molar-refractivity contribution in [2.45, 2.75) is 20.8 Å². The molecule has 34 heavy (non-hydrogen) atoms. The van der Waals surface area contributed by atoms with Gasteiger partial charge in [0, 0.05) is 23.7 Å². The van der Waals surface area contributed by atoms with Gasteiger partial charge in [-0.3, -0.25) is 14.9 Å². The number of benzene rings is 1. The number of pyridine rings is 1. The second kappa shape index (κ2) is 9.11. The summed E-state index contributed by atoms with van der Waals surface area (Å²) in [6.45, 7) is 5.87. The van der Waals surface area contributed by atoms with Gasteiger partial charge in [-0.15, -0.1) is 0 Å². The second-order valence-electron chi connectivity index (χ2n) is 7.85. The number of amides is 2. The van der Waals surface area contributed by atoms with Crippen LogP contribution in [0.4, 0.5) is 5.69 Å². The number of carbonyl (C=O) groups is 2. The Morgan fingerprint density at radius 3 is 2.47 bits per heavy atom. The lowest BCUT2D eigenvalue weighted by Crippen LogP contribution is -2.54. The lowest BCUT2D eigenvalue weighted by Gasteiger charge is -2.30. The second-order valence-corrected chi connectivity index (χ2v) is 8.24. The van der Waals surface area contributed by atoms with Crippen LogP contribution in [0.15, 0.2) is 48.2 Å². The van der Waals surface area contributed by atoms with Gasteiger partial charge < -0.3 is 14.0 Å². The van der Waals surface area contributed by atoms with Crippen LogP contribution in [0, 0.1) is 20.8 Å². The van der Waals surface area contributed by atoms with E-state index >= 15 is 0 Å². The number of nitrogens with one attached hydrogen (secondary N) is 1. The van der Waals surface area contributed by atoms with Crippen molar-refractivity contribution < 1.29 is 19.1 Å². The highest BCUT2D eigenvalue weighted by Gasteiger charge is 2.36. The van der Waals surface area contributed by atoms with Gasteiger partial charge >= 0.3 is 0 Å². The maximum Gasteiger partial charge on any atom is 0.270 e. The molecule has 0 saturated carbocycles. The summed E-state index contributed by atoms with van der Waals surface area (Å²) in [5, 5.41) is 2.59. The Morgan fingerprint density at radius 2 is 1.79 bits per heavy atom. The minimum Gasteiger partial charge on any atom is -0.497 e. The molecular formula is C25H24N4O4S. The molecule has 1 N–H and O–H groups in total. The summed E-state index contributed by atoms with van der Waals surface area (Å²) in [7, 11) is 3.02. The van der Waals surface area contributed by atoms with E-state index in [4.69, 9.17) is 21.7 Å². The van der Waals surface area contributed by atoms with E-state index in [-0.39, 0.29) is 10.7 Å². The van der Waals surface area contributed by atoms with Crippen molar-refractivity contribution in [1.82, 2.24) is 14.9 Å². The van der Waals surface area contributed by atoms with E-state index < -0.39 is 11.8 Å². The summed E-state index contributed by atoms with van der Waals surface area (Å²) in [4.78, 5) is 32.0. The molecule has 2 aromatic heterocycles. The van der Waals surface area contributed by atoms with Crippen LogP contribution in [0.2, 0.25) is 0 Å². The maximum atomic E-state index is 13.5. The molecule has 0 aliphatic carbocycles. The molecular weight excluding hydrogens is 452 g/mol. The predicted octanol–water partition coefficient (Wildman–Crippen LogP) is 3.65.